The molecule has 0 spiro atoms. The summed E-state index contributed by atoms with van der Waals surface area (Å²) in [6.07, 6.45) is 19.8. The number of hydrogen-bond acceptors (Lipinski definition) is 3. The Balaban J connectivity index is 2.47. The number of likely N-dealkylation sites (N-methyl/N-ethyl adjacent to an activating group) is 1. The molecule has 2 aliphatic rings. The predicted molar refractivity (Wildman–Crippen MR) is 152 cm³/mol. The van der Waals surface area contributed by atoms with E-state index in [1.54, 1.807) is 0 Å². The van der Waals surface area contributed by atoms with Crippen LogP contribution in [0.15, 0.2) is 92.7 Å². The number of hydrogen-bond donors (Lipinski definition) is 0. The van der Waals surface area contributed by atoms with Crippen molar-refractivity contribution in [2.24, 2.45) is 15.9 Å². The molecule has 1 saturated carbocycles. The first-order valence-electron chi connectivity index (χ1n) is 12.9. The smallest absolute Gasteiger partial charge is 0.0887 e. The molecule has 1 heterocycles. The van der Waals surface area contributed by atoms with E-state index in [2.05, 4.69) is 94.5 Å². The molecule has 3 heteroatoms. The summed E-state index contributed by atoms with van der Waals surface area (Å²) in [5, 5.41) is 0. The number of allylic oxidation sites excluding steroid dienone is 10. The molecule has 3 nitrogen and oxygen atoms in total. The van der Waals surface area contributed by atoms with Gasteiger partial charge in [0.15, 0.2) is 0 Å². The van der Waals surface area contributed by atoms with Crippen LogP contribution < -0.4 is 0 Å². The molecule has 1 aliphatic heterocycles. The number of nitrogens with zero attached hydrogens (tertiary/aromatic N) is 3. The average molecular weight is 460 g/mol. The van der Waals surface area contributed by atoms with Crippen molar-refractivity contribution < 1.29 is 0 Å². The molecule has 0 amide bonds. The highest BCUT2D eigenvalue weighted by Crippen LogP contribution is 2.32. The van der Waals surface area contributed by atoms with E-state index in [1.807, 2.05) is 13.1 Å². The zero-order chi connectivity index (χ0) is 25.1. The molecule has 0 saturated heterocycles. The largest absolute Gasteiger partial charge is 0.300 e. The molecule has 0 aromatic rings. The minimum Gasteiger partial charge on any atom is -0.300 e. The maximum Gasteiger partial charge on any atom is 0.0887 e. The summed E-state index contributed by atoms with van der Waals surface area (Å²) < 4.78 is 0. The second-order valence-corrected chi connectivity index (χ2v) is 9.31. The minimum atomic E-state index is 0.352. The van der Waals surface area contributed by atoms with E-state index in [0.717, 1.165) is 55.2 Å². The quantitative estimate of drug-likeness (QED) is 0.228. The lowest BCUT2D eigenvalue weighted by Gasteiger charge is -2.25. The minimum absolute atomic E-state index is 0.352. The van der Waals surface area contributed by atoms with Crippen molar-refractivity contribution in [3.8, 4) is 0 Å². The van der Waals surface area contributed by atoms with Gasteiger partial charge in [0.1, 0.15) is 0 Å². The summed E-state index contributed by atoms with van der Waals surface area (Å²) in [6.45, 7) is 20.3. The summed E-state index contributed by atoms with van der Waals surface area (Å²) >= 11 is 0. The fraction of sp³-hybridized carbons (Fsp3) is 0.484. The highest BCUT2D eigenvalue weighted by atomic mass is 15.1. The standard InChI is InChI=1S/C31H45N3/c1-9-23(5)21-30(32-8)31(22-25(7)27-13-14-27)33-29(24(6)10-2)16-15-26(11-3)28-17-19-34(12-4)20-18-28/h9,11,15-17,21-22,24H,1,10,12-14,18-20H2,2-8H3/b16-15-,23-21+,26-11?,31-22-,32-30?,33-29+. The van der Waals surface area contributed by atoms with Crippen LogP contribution in [0.5, 0.6) is 0 Å². The van der Waals surface area contributed by atoms with Crippen molar-refractivity contribution in [1.29, 1.82) is 0 Å². The van der Waals surface area contributed by atoms with E-state index in [4.69, 9.17) is 4.99 Å². The van der Waals surface area contributed by atoms with Crippen LogP contribution >= 0.6 is 0 Å². The third kappa shape index (κ3) is 8.36. The van der Waals surface area contributed by atoms with Gasteiger partial charge >= 0.3 is 0 Å². The third-order valence-corrected chi connectivity index (χ3v) is 6.82. The molecular weight excluding hydrogens is 414 g/mol. The van der Waals surface area contributed by atoms with Gasteiger partial charge in [-0.2, -0.15) is 0 Å². The zero-order valence-electron chi connectivity index (χ0n) is 22.6. The molecule has 2 rings (SSSR count). The Kier molecular flexibility index (Phi) is 11.4. The van der Waals surface area contributed by atoms with Crippen molar-refractivity contribution in [3.63, 3.8) is 0 Å². The van der Waals surface area contributed by atoms with E-state index in [0.29, 0.717) is 5.92 Å². The van der Waals surface area contributed by atoms with Gasteiger partial charge in [0.05, 0.1) is 11.4 Å². The average Bonchev–Trinajstić information content (AvgIpc) is 3.71. The molecule has 1 aliphatic carbocycles. The maximum absolute atomic E-state index is 5.22. The Hall–Kier alpha value is -2.52. The van der Waals surface area contributed by atoms with E-state index >= 15 is 0 Å². The van der Waals surface area contributed by atoms with Crippen molar-refractivity contribution in [2.45, 2.75) is 67.2 Å². The lowest BCUT2D eigenvalue weighted by Crippen LogP contribution is -2.28. The molecule has 1 unspecified atom stereocenters. The second-order valence-electron chi connectivity index (χ2n) is 9.31. The van der Waals surface area contributed by atoms with E-state index in [-0.39, 0.29) is 0 Å². The Morgan fingerprint density at radius 1 is 1.15 bits per heavy atom. The molecule has 184 valence electrons. The summed E-state index contributed by atoms with van der Waals surface area (Å²) in [5.74, 6) is 0.352. The highest BCUT2D eigenvalue weighted by Gasteiger charge is 2.16. The maximum atomic E-state index is 5.22. The summed E-state index contributed by atoms with van der Waals surface area (Å²) in [7, 11) is 1.84. The zero-order valence-corrected chi connectivity index (χ0v) is 22.6. The highest BCUT2D eigenvalue weighted by molar-refractivity contribution is 6.11. The van der Waals surface area contributed by atoms with Gasteiger partial charge in [-0.05, 0) is 99.4 Å². The van der Waals surface area contributed by atoms with Crippen molar-refractivity contribution >= 4 is 11.4 Å². The Morgan fingerprint density at radius 3 is 2.38 bits per heavy atom. The van der Waals surface area contributed by atoms with Crippen LogP contribution in [0.2, 0.25) is 0 Å². The van der Waals surface area contributed by atoms with Crippen LogP contribution in [-0.4, -0.2) is 43.0 Å². The molecule has 1 atom stereocenters. The van der Waals surface area contributed by atoms with Crippen molar-refractivity contribution in [2.75, 3.05) is 26.7 Å². The SMILES string of the molecule is C=C/C(C)=C/C(=NC)C(=C/C(C)=C1CC1)/N=C(\C=C/C(=CC)C1=CCN(CC)CC1)C(C)CC. The molecule has 1 fully saturated rings. The molecule has 0 bridgehead atoms. The second kappa shape index (κ2) is 14.0. The van der Waals surface area contributed by atoms with Crippen LogP contribution in [0.4, 0.5) is 0 Å². The van der Waals surface area contributed by atoms with Gasteiger partial charge < -0.3 is 0 Å². The fourth-order valence-electron chi connectivity index (χ4n) is 3.94. The van der Waals surface area contributed by atoms with Gasteiger partial charge in [0, 0.05) is 25.8 Å². The van der Waals surface area contributed by atoms with Crippen molar-refractivity contribution in [1.82, 2.24) is 4.90 Å². The third-order valence-electron chi connectivity index (χ3n) is 6.82. The van der Waals surface area contributed by atoms with Gasteiger partial charge in [-0.25, -0.2) is 0 Å². The summed E-state index contributed by atoms with van der Waals surface area (Å²) in [4.78, 5) is 12.3. The molecule has 0 aromatic carbocycles. The first-order chi connectivity index (χ1) is 16.4. The lowest BCUT2D eigenvalue weighted by molar-refractivity contribution is 0.311. The van der Waals surface area contributed by atoms with E-state index in [1.165, 1.54) is 35.1 Å². The topological polar surface area (TPSA) is 28.0 Å². The Morgan fingerprint density at radius 2 is 1.88 bits per heavy atom. The van der Waals surface area contributed by atoms with Gasteiger partial charge in [0.2, 0.25) is 0 Å². The predicted octanol–water partition coefficient (Wildman–Crippen LogP) is 7.83. The van der Waals surface area contributed by atoms with Crippen LogP contribution in [-0.2, 0) is 0 Å². The lowest BCUT2D eigenvalue weighted by atomic mass is 9.96. The van der Waals surface area contributed by atoms with Crippen molar-refractivity contribution in [3.05, 3.63) is 82.7 Å². The molecule has 0 aromatic heterocycles. The molecule has 0 N–H and O–H groups in total. The van der Waals surface area contributed by atoms with Crippen LogP contribution in [0, 0.1) is 5.92 Å². The van der Waals surface area contributed by atoms with Gasteiger partial charge in [0.25, 0.3) is 0 Å². The van der Waals surface area contributed by atoms with Crippen LogP contribution in [0.25, 0.3) is 0 Å². The van der Waals surface area contributed by atoms with Crippen LogP contribution in [0.1, 0.15) is 67.2 Å². The first kappa shape index (κ1) is 27.7. The van der Waals surface area contributed by atoms with Gasteiger partial charge in [-0.3, -0.25) is 14.9 Å². The van der Waals surface area contributed by atoms with E-state index in [9.17, 15) is 0 Å². The normalized spacial score (nSPS) is 20.0. The van der Waals surface area contributed by atoms with Gasteiger partial charge in [-0.15, -0.1) is 0 Å². The molecule has 0 radical (unpaired) electrons. The molecular formula is C31H45N3. The number of aliphatic imine (C=N–C) groups is 2. The first-order valence-corrected chi connectivity index (χ1v) is 12.9. The number of rotatable bonds is 11. The van der Waals surface area contributed by atoms with Gasteiger partial charge in [-0.1, -0.05) is 57.2 Å². The molecule has 34 heavy (non-hydrogen) atoms. The Labute approximate surface area is 208 Å². The fourth-order valence-corrected chi connectivity index (χ4v) is 3.94. The monoisotopic (exact) mass is 459 g/mol. The summed E-state index contributed by atoms with van der Waals surface area (Å²) in [5.41, 5.74) is 9.59. The Bertz CT molecular complexity index is 970. The summed E-state index contributed by atoms with van der Waals surface area (Å²) in [6, 6.07) is 0. The van der Waals surface area contributed by atoms with Crippen LogP contribution in [0.3, 0.4) is 0 Å². The van der Waals surface area contributed by atoms with E-state index < -0.39 is 0 Å².